The third-order valence-corrected chi connectivity index (χ3v) is 2.35. The largest absolute Gasteiger partial charge is 0.389 e. The van der Waals surface area contributed by atoms with Gasteiger partial charge in [0, 0.05) is 19.1 Å². The molecule has 0 rings (SSSR count). The summed E-state index contributed by atoms with van der Waals surface area (Å²) in [4.78, 5) is 0. The minimum Gasteiger partial charge on any atom is -0.379 e. The number of nitrogens with one attached hydrogen (secondary N) is 1. The maximum Gasteiger partial charge on any atom is 0.389 e. The summed E-state index contributed by atoms with van der Waals surface area (Å²) in [5.74, 6) is 0. The summed E-state index contributed by atoms with van der Waals surface area (Å²) in [6.45, 7) is 7.18. The maximum absolute atomic E-state index is 11.8. The van der Waals surface area contributed by atoms with Crippen LogP contribution in [0.5, 0.6) is 0 Å². The molecule has 0 heterocycles. The molecule has 17 heavy (non-hydrogen) atoms. The SMILES string of the molecule is CC(C)NCCCC(C)OCCCC(F)(F)F. The number of alkyl halides is 3. The van der Waals surface area contributed by atoms with Crippen LogP contribution < -0.4 is 5.32 Å². The van der Waals surface area contributed by atoms with Gasteiger partial charge in [0.05, 0.1) is 6.10 Å². The van der Waals surface area contributed by atoms with Gasteiger partial charge >= 0.3 is 6.18 Å². The first-order chi connectivity index (χ1) is 7.81. The molecule has 0 aromatic heterocycles. The average molecular weight is 255 g/mol. The van der Waals surface area contributed by atoms with Gasteiger partial charge in [0.1, 0.15) is 0 Å². The molecule has 0 fully saturated rings. The Balaban J connectivity index is 3.32. The van der Waals surface area contributed by atoms with Crippen molar-refractivity contribution in [3.8, 4) is 0 Å². The van der Waals surface area contributed by atoms with Gasteiger partial charge in [-0.2, -0.15) is 13.2 Å². The Hall–Kier alpha value is -0.290. The first-order valence-corrected chi connectivity index (χ1v) is 6.23. The molecule has 1 N–H and O–H groups in total. The molecule has 0 spiro atoms. The van der Waals surface area contributed by atoms with E-state index in [1.54, 1.807) is 0 Å². The van der Waals surface area contributed by atoms with E-state index in [4.69, 9.17) is 4.74 Å². The van der Waals surface area contributed by atoms with Crippen molar-refractivity contribution < 1.29 is 17.9 Å². The second-order valence-corrected chi connectivity index (χ2v) is 4.65. The Labute approximate surface area is 102 Å². The molecule has 1 atom stereocenters. The van der Waals surface area contributed by atoms with Crippen molar-refractivity contribution >= 4 is 0 Å². The molecule has 0 aliphatic carbocycles. The van der Waals surface area contributed by atoms with Gasteiger partial charge in [0.25, 0.3) is 0 Å². The summed E-state index contributed by atoms with van der Waals surface area (Å²) in [5.41, 5.74) is 0. The molecule has 0 aromatic rings. The summed E-state index contributed by atoms with van der Waals surface area (Å²) >= 11 is 0. The second kappa shape index (κ2) is 8.75. The van der Waals surface area contributed by atoms with E-state index in [1.165, 1.54) is 0 Å². The predicted octanol–water partition coefficient (Wildman–Crippen LogP) is 3.51. The van der Waals surface area contributed by atoms with Crippen LogP contribution in [-0.2, 0) is 4.74 Å². The molecular formula is C12H24F3NO. The lowest BCUT2D eigenvalue weighted by Crippen LogP contribution is -2.24. The summed E-state index contributed by atoms with van der Waals surface area (Å²) in [5, 5.41) is 3.28. The molecule has 0 saturated heterocycles. The van der Waals surface area contributed by atoms with E-state index in [9.17, 15) is 13.2 Å². The summed E-state index contributed by atoms with van der Waals surface area (Å²) < 4.78 is 40.8. The Bertz CT molecular complexity index is 183. The van der Waals surface area contributed by atoms with E-state index in [1.807, 2.05) is 6.92 Å². The third-order valence-electron chi connectivity index (χ3n) is 2.35. The first-order valence-electron chi connectivity index (χ1n) is 6.23. The second-order valence-electron chi connectivity index (χ2n) is 4.65. The third kappa shape index (κ3) is 13.6. The van der Waals surface area contributed by atoms with Crippen LogP contribution in [0.1, 0.15) is 46.5 Å². The smallest absolute Gasteiger partial charge is 0.379 e. The van der Waals surface area contributed by atoms with Gasteiger partial charge in [-0.1, -0.05) is 13.8 Å². The molecule has 0 aliphatic heterocycles. The number of rotatable bonds is 9. The highest BCUT2D eigenvalue weighted by atomic mass is 19.4. The van der Waals surface area contributed by atoms with Crippen molar-refractivity contribution in [2.75, 3.05) is 13.2 Å². The van der Waals surface area contributed by atoms with Crippen LogP contribution in [0.25, 0.3) is 0 Å². The van der Waals surface area contributed by atoms with Gasteiger partial charge in [0.2, 0.25) is 0 Å². The topological polar surface area (TPSA) is 21.3 Å². The fourth-order valence-corrected chi connectivity index (χ4v) is 1.42. The molecule has 0 bridgehead atoms. The summed E-state index contributed by atoms with van der Waals surface area (Å²) in [6.07, 6.45) is -2.86. The summed E-state index contributed by atoms with van der Waals surface area (Å²) in [6, 6.07) is 0.470. The minimum absolute atomic E-state index is 0.0391. The van der Waals surface area contributed by atoms with E-state index < -0.39 is 12.6 Å². The Morgan fingerprint density at radius 1 is 1.12 bits per heavy atom. The fraction of sp³-hybridized carbons (Fsp3) is 1.00. The van der Waals surface area contributed by atoms with Crippen molar-refractivity contribution in [1.82, 2.24) is 5.32 Å². The zero-order chi connectivity index (χ0) is 13.3. The van der Waals surface area contributed by atoms with Gasteiger partial charge in [-0.05, 0) is 32.7 Å². The van der Waals surface area contributed by atoms with Crippen LogP contribution in [0, 0.1) is 0 Å². The van der Waals surface area contributed by atoms with Crippen molar-refractivity contribution in [3.05, 3.63) is 0 Å². The van der Waals surface area contributed by atoms with Crippen molar-refractivity contribution in [1.29, 1.82) is 0 Å². The van der Waals surface area contributed by atoms with E-state index in [2.05, 4.69) is 19.2 Å². The van der Waals surface area contributed by atoms with Crippen molar-refractivity contribution in [2.24, 2.45) is 0 Å². The number of hydrogen-bond donors (Lipinski definition) is 1. The minimum atomic E-state index is -4.06. The molecule has 104 valence electrons. The molecule has 0 aromatic carbocycles. The Morgan fingerprint density at radius 2 is 1.76 bits per heavy atom. The predicted molar refractivity (Wildman–Crippen MR) is 63.1 cm³/mol. The van der Waals surface area contributed by atoms with Gasteiger partial charge in [-0.3, -0.25) is 0 Å². The molecule has 0 radical (unpaired) electrons. The highest BCUT2D eigenvalue weighted by Gasteiger charge is 2.26. The molecule has 2 nitrogen and oxygen atoms in total. The van der Waals surface area contributed by atoms with E-state index >= 15 is 0 Å². The molecule has 5 heteroatoms. The fourth-order valence-electron chi connectivity index (χ4n) is 1.42. The number of halogens is 3. The lowest BCUT2D eigenvalue weighted by atomic mass is 10.2. The molecule has 0 aliphatic rings. The van der Waals surface area contributed by atoms with Gasteiger partial charge in [-0.15, -0.1) is 0 Å². The molecule has 0 saturated carbocycles. The molecule has 0 amide bonds. The quantitative estimate of drug-likeness (QED) is 0.637. The van der Waals surface area contributed by atoms with E-state index in [0.717, 1.165) is 19.4 Å². The van der Waals surface area contributed by atoms with Crippen LogP contribution in [0.15, 0.2) is 0 Å². The van der Waals surface area contributed by atoms with Crippen LogP contribution in [0.2, 0.25) is 0 Å². The lowest BCUT2D eigenvalue weighted by molar-refractivity contribution is -0.138. The van der Waals surface area contributed by atoms with E-state index in [-0.39, 0.29) is 19.1 Å². The summed E-state index contributed by atoms with van der Waals surface area (Å²) in [7, 11) is 0. The number of hydrogen-bond acceptors (Lipinski definition) is 2. The van der Waals surface area contributed by atoms with Gasteiger partial charge < -0.3 is 10.1 Å². The zero-order valence-corrected chi connectivity index (χ0v) is 10.9. The monoisotopic (exact) mass is 255 g/mol. The van der Waals surface area contributed by atoms with Gasteiger partial charge in [0.15, 0.2) is 0 Å². The van der Waals surface area contributed by atoms with Crippen molar-refractivity contribution in [3.63, 3.8) is 0 Å². The van der Waals surface area contributed by atoms with Crippen LogP contribution in [0.4, 0.5) is 13.2 Å². The normalized spacial score (nSPS) is 14.3. The van der Waals surface area contributed by atoms with Crippen LogP contribution in [-0.4, -0.2) is 31.5 Å². The van der Waals surface area contributed by atoms with Gasteiger partial charge in [-0.25, -0.2) is 0 Å². The number of ether oxygens (including phenoxy) is 1. The van der Waals surface area contributed by atoms with Crippen LogP contribution >= 0.6 is 0 Å². The lowest BCUT2D eigenvalue weighted by Gasteiger charge is -2.14. The zero-order valence-electron chi connectivity index (χ0n) is 10.9. The first kappa shape index (κ1) is 16.7. The standard InChI is InChI=1S/C12H24F3NO/c1-10(2)16-8-4-6-11(3)17-9-5-7-12(13,14)15/h10-11,16H,4-9H2,1-3H3. The highest BCUT2D eigenvalue weighted by Crippen LogP contribution is 2.21. The Morgan fingerprint density at radius 3 is 2.29 bits per heavy atom. The van der Waals surface area contributed by atoms with E-state index in [0.29, 0.717) is 6.04 Å². The highest BCUT2D eigenvalue weighted by molar-refractivity contribution is 4.57. The van der Waals surface area contributed by atoms with Crippen LogP contribution in [0.3, 0.4) is 0 Å². The Kier molecular flexibility index (Phi) is 8.60. The molecule has 1 unspecified atom stereocenters. The maximum atomic E-state index is 11.8. The average Bonchev–Trinajstić information content (AvgIpc) is 2.18. The molecular weight excluding hydrogens is 231 g/mol. The van der Waals surface area contributed by atoms with Crippen molar-refractivity contribution in [2.45, 2.75) is 64.8 Å².